The van der Waals surface area contributed by atoms with Crippen molar-refractivity contribution in [3.8, 4) is 11.3 Å². The first kappa shape index (κ1) is 16.7. The summed E-state index contributed by atoms with van der Waals surface area (Å²) in [7, 11) is 0. The van der Waals surface area contributed by atoms with Crippen LogP contribution in [0.15, 0.2) is 30.3 Å². The number of carbonyl (C=O) groups excluding carboxylic acids is 1. The van der Waals surface area contributed by atoms with Gasteiger partial charge in [0.15, 0.2) is 0 Å². The highest BCUT2D eigenvalue weighted by Crippen LogP contribution is 2.26. The van der Waals surface area contributed by atoms with Gasteiger partial charge in [-0.1, -0.05) is 24.3 Å². The predicted molar refractivity (Wildman–Crippen MR) is 91.7 cm³/mol. The number of benzene rings is 1. The van der Waals surface area contributed by atoms with Gasteiger partial charge in [-0.2, -0.15) is 5.10 Å². The Kier molecular flexibility index (Phi) is 4.97. The van der Waals surface area contributed by atoms with Gasteiger partial charge in [-0.15, -0.1) is 0 Å². The lowest BCUT2D eigenvalue weighted by Crippen LogP contribution is -2.29. The molecule has 1 aliphatic rings. The van der Waals surface area contributed by atoms with Crippen LogP contribution in [0.25, 0.3) is 11.3 Å². The summed E-state index contributed by atoms with van der Waals surface area (Å²) < 4.78 is 7.24. The molecule has 3 rings (SSSR count). The van der Waals surface area contributed by atoms with Gasteiger partial charge >= 0.3 is 0 Å². The first-order chi connectivity index (χ1) is 11.6. The number of aromatic nitrogens is 2. The van der Waals surface area contributed by atoms with E-state index in [1.54, 1.807) is 4.68 Å². The van der Waals surface area contributed by atoms with Crippen LogP contribution in [-0.2, 0) is 16.1 Å². The minimum Gasteiger partial charge on any atom is -0.394 e. The third kappa shape index (κ3) is 3.49. The average Bonchev–Trinajstić information content (AvgIpc) is 3.15. The van der Waals surface area contributed by atoms with Crippen molar-refractivity contribution < 1.29 is 14.6 Å². The van der Waals surface area contributed by atoms with E-state index < -0.39 is 6.10 Å². The van der Waals surface area contributed by atoms with E-state index in [9.17, 15) is 9.90 Å². The first-order valence-electron chi connectivity index (χ1n) is 8.29. The quantitative estimate of drug-likeness (QED) is 0.883. The Bertz CT molecular complexity index is 726. The van der Waals surface area contributed by atoms with Gasteiger partial charge in [0.05, 0.1) is 24.9 Å². The maximum Gasteiger partial charge on any atom is 0.254 e. The van der Waals surface area contributed by atoms with Crippen molar-refractivity contribution in [3.63, 3.8) is 0 Å². The largest absolute Gasteiger partial charge is 0.394 e. The molecule has 6 heteroatoms. The lowest BCUT2D eigenvalue weighted by Gasteiger charge is -2.12. The van der Waals surface area contributed by atoms with Crippen molar-refractivity contribution in [3.05, 3.63) is 35.9 Å². The third-order valence-corrected chi connectivity index (χ3v) is 4.29. The molecule has 1 aromatic heterocycles. The number of nitrogens with one attached hydrogen (secondary N) is 1. The second kappa shape index (κ2) is 7.15. The molecule has 0 aliphatic carbocycles. The van der Waals surface area contributed by atoms with Gasteiger partial charge in [-0.25, -0.2) is 4.68 Å². The zero-order valence-corrected chi connectivity index (χ0v) is 14.0. The molecule has 2 aromatic rings. The molecule has 128 valence electrons. The van der Waals surface area contributed by atoms with E-state index in [1.165, 1.54) is 0 Å². The smallest absolute Gasteiger partial charge is 0.254 e. The molecule has 1 fully saturated rings. The van der Waals surface area contributed by atoms with Gasteiger partial charge in [0.2, 0.25) is 0 Å². The molecule has 1 saturated heterocycles. The molecular weight excluding hydrogens is 306 g/mol. The monoisotopic (exact) mass is 329 g/mol. The van der Waals surface area contributed by atoms with Gasteiger partial charge in [0, 0.05) is 11.6 Å². The maximum atomic E-state index is 12.4. The van der Waals surface area contributed by atoms with E-state index in [0.29, 0.717) is 12.4 Å². The lowest BCUT2D eigenvalue weighted by atomic mass is 10.1. The Morgan fingerprint density at radius 3 is 2.88 bits per heavy atom. The van der Waals surface area contributed by atoms with Gasteiger partial charge in [0.25, 0.3) is 5.91 Å². The molecule has 2 unspecified atom stereocenters. The standard InChI is InChI=1S/C18H23N3O3/c1-12-5-3-4-6-14(12)15-11-17(21(20-15)9-10-22)19-18(23)16-8-7-13(2)24-16/h3-6,11,13,16,22H,7-10H2,1-2H3,(H,19,23). The van der Waals surface area contributed by atoms with E-state index >= 15 is 0 Å². The number of nitrogens with zero attached hydrogens (tertiary/aromatic N) is 2. The summed E-state index contributed by atoms with van der Waals surface area (Å²) in [5.74, 6) is 0.422. The Morgan fingerprint density at radius 2 is 2.21 bits per heavy atom. The molecule has 1 aromatic carbocycles. The van der Waals surface area contributed by atoms with Crippen molar-refractivity contribution >= 4 is 11.7 Å². The van der Waals surface area contributed by atoms with Crippen LogP contribution in [-0.4, -0.2) is 39.6 Å². The summed E-state index contributed by atoms with van der Waals surface area (Å²) in [5.41, 5.74) is 2.89. The number of aryl methyl sites for hydroxylation is 1. The second-order valence-electron chi connectivity index (χ2n) is 6.18. The van der Waals surface area contributed by atoms with Crippen molar-refractivity contribution in [2.45, 2.75) is 45.4 Å². The summed E-state index contributed by atoms with van der Waals surface area (Å²) in [5, 5.41) is 16.7. The first-order valence-corrected chi connectivity index (χ1v) is 8.29. The Morgan fingerprint density at radius 1 is 1.42 bits per heavy atom. The molecule has 2 atom stereocenters. The number of aliphatic hydroxyl groups excluding tert-OH is 1. The van der Waals surface area contributed by atoms with Crippen LogP contribution in [0, 0.1) is 6.92 Å². The Hall–Kier alpha value is -2.18. The highest BCUT2D eigenvalue weighted by Gasteiger charge is 2.29. The molecule has 0 bridgehead atoms. The van der Waals surface area contributed by atoms with Crippen LogP contribution in [0.5, 0.6) is 0 Å². The van der Waals surface area contributed by atoms with E-state index in [2.05, 4.69) is 10.4 Å². The van der Waals surface area contributed by atoms with Crippen LogP contribution in [0.1, 0.15) is 25.3 Å². The second-order valence-corrected chi connectivity index (χ2v) is 6.18. The van der Waals surface area contributed by atoms with Gasteiger partial charge in [-0.3, -0.25) is 4.79 Å². The molecule has 1 aliphatic heterocycles. The van der Waals surface area contributed by atoms with E-state index in [-0.39, 0.29) is 18.6 Å². The number of aliphatic hydroxyl groups is 1. The van der Waals surface area contributed by atoms with E-state index in [0.717, 1.165) is 29.7 Å². The van der Waals surface area contributed by atoms with Crippen molar-refractivity contribution in [2.75, 3.05) is 11.9 Å². The zero-order chi connectivity index (χ0) is 17.1. The Balaban J connectivity index is 1.84. The fourth-order valence-corrected chi connectivity index (χ4v) is 2.98. The summed E-state index contributed by atoms with van der Waals surface area (Å²) in [6.45, 7) is 4.27. The Labute approximate surface area is 141 Å². The summed E-state index contributed by atoms with van der Waals surface area (Å²) in [6, 6.07) is 9.79. The predicted octanol–water partition coefficient (Wildman–Crippen LogP) is 2.36. The summed E-state index contributed by atoms with van der Waals surface area (Å²) in [6.07, 6.45) is 1.32. The topological polar surface area (TPSA) is 76.4 Å². The summed E-state index contributed by atoms with van der Waals surface area (Å²) in [4.78, 5) is 12.4. The zero-order valence-electron chi connectivity index (χ0n) is 14.0. The number of ether oxygens (including phenoxy) is 1. The molecular formula is C18H23N3O3. The van der Waals surface area contributed by atoms with Gasteiger partial charge in [0.1, 0.15) is 11.9 Å². The molecule has 0 saturated carbocycles. The molecule has 24 heavy (non-hydrogen) atoms. The highest BCUT2D eigenvalue weighted by molar-refractivity contribution is 5.94. The SMILES string of the molecule is Cc1ccccc1-c1cc(NC(=O)C2CCC(C)O2)n(CCO)n1. The van der Waals surface area contributed by atoms with E-state index in [4.69, 9.17) is 4.74 Å². The van der Waals surface area contributed by atoms with Crippen LogP contribution in [0.4, 0.5) is 5.82 Å². The molecule has 0 spiro atoms. The molecule has 6 nitrogen and oxygen atoms in total. The molecule has 0 radical (unpaired) electrons. The minimum absolute atomic E-state index is 0.0469. The van der Waals surface area contributed by atoms with Gasteiger partial charge < -0.3 is 15.2 Å². The van der Waals surface area contributed by atoms with Gasteiger partial charge in [-0.05, 0) is 32.3 Å². The highest BCUT2D eigenvalue weighted by atomic mass is 16.5. The number of amides is 1. The maximum absolute atomic E-state index is 12.4. The van der Waals surface area contributed by atoms with E-state index in [1.807, 2.05) is 44.2 Å². The average molecular weight is 329 g/mol. The molecule has 1 amide bonds. The van der Waals surface area contributed by atoms with Crippen LogP contribution in [0.2, 0.25) is 0 Å². The van der Waals surface area contributed by atoms with Crippen molar-refractivity contribution in [1.29, 1.82) is 0 Å². The number of anilines is 1. The lowest BCUT2D eigenvalue weighted by molar-refractivity contribution is -0.126. The number of rotatable bonds is 5. The molecule has 2 N–H and O–H groups in total. The normalized spacial score (nSPS) is 20.3. The minimum atomic E-state index is -0.417. The molecule has 2 heterocycles. The van der Waals surface area contributed by atoms with Crippen LogP contribution < -0.4 is 5.32 Å². The third-order valence-electron chi connectivity index (χ3n) is 4.29. The fourth-order valence-electron chi connectivity index (χ4n) is 2.98. The van der Waals surface area contributed by atoms with Crippen molar-refractivity contribution in [1.82, 2.24) is 9.78 Å². The number of hydrogen-bond acceptors (Lipinski definition) is 4. The van der Waals surface area contributed by atoms with Crippen LogP contribution >= 0.6 is 0 Å². The van der Waals surface area contributed by atoms with Crippen LogP contribution in [0.3, 0.4) is 0 Å². The fraction of sp³-hybridized carbons (Fsp3) is 0.444. The number of hydrogen-bond donors (Lipinski definition) is 2. The van der Waals surface area contributed by atoms with Crippen molar-refractivity contribution in [2.24, 2.45) is 0 Å². The number of carbonyl (C=O) groups is 1. The summed E-state index contributed by atoms with van der Waals surface area (Å²) >= 11 is 0.